The van der Waals surface area contributed by atoms with Crippen molar-refractivity contribution in [3.05, 3.63) is 30.3 Å². The van der Waals surface area contributed by atoms with Gasteiger partial charge in [-0.1, -0.05) is 18.2 Å². The third-order valence-corrected chi connectivity index (χ3v) is 4.03. The first-order valence-corrected chi connectivity index (χ1v) is 6.23. The molecule has 0 aliphatic carbocycles. The van der Waals surface area contributed by atoms with Crippen LogP contribution in [0.1, 0.15) is 6.92 Å². The lowest BCUT2D eigenvalue weighted by atomic mass is 10.4. The van der Waals surface area contributed by atoms with Gasteiger partial charge in [-0.25, -0.2) is 0 Å². The second-order valence-corrected chi connectivity index (χ2v) is 5.44. The minimum atomic E-state index is -3.05. The Kier molecular flexibility index (Phi) is 4.06. The molecular formula is C10H13O4P. The van der Waals surface area contributed by atoms with E-state index >= 15 is 0 Å². The number of carbonyl (C=O) groups excluding carboxylic acids is 1. The lowest BCUT2D eigenvalue weighted by Gasteiger charge is -2.15. The highest BCUT2D eigenvalue weighted by Gasteiger charge is 2.25. The molecule has 1 unspecified atom stereocenters. The van der Waals surface area contributed by atoms with Gasteiger partial charge in [0.1, 0.15) is 0 Å². The molecule has 1 aromatic rings. The summed E-state index contributed by atoms with van der Waals surface area (Å²) in [6.45, 7) is 1.27. The van der Waals surface area contributed by atoms with Gasteiger partial charge in [-0.05, 0) is 12.1 Å². The van der Waals surface area contributed by atoms with Crippen molar-refractivity contribution in [2.24, 2.45) is 0 Å². The predicted molar refractivity (Wildman–Crippen MR) is 57.3 cm³/mol. The zero-order chi connectivity index (χ0) is 11.3. The van der Waals surface area contributed by atoms with E-state index in [-0.39, 0.29) is 6.35 Å². The van der Waals surface area contributed by atoms with Crippen molar-refractivity contribution in [3.63, 3.8) is 0 Å². The number of ether oxygens (including phenoxy) is 1. The van der Waals surface area contributed by atoms with E-state index in [1.54, 1.807) is 24.3 Å². The topological polar surface area (TPSA) is 52.6 Å². The maximum absolute atomic E-state index is 12.2. The lowest BCUT2D eigenvalue weighted by Crippen LogP contribution is -2.12. The van der Waals surface area contributed by atoms with E-state index in [4.69, 9.17) is 9.26 Å². The molecule has 0 N–H and O–H groups in total. The number of hydrogen-bond donors (Lipinski definition) is 0. The van der Waals surface area contributed by atoms with Crippen molar-refractivity contribution >= 4 is 18.6 Å². The quantitative estimate of drug-likeness (QED) is 0.582. The summed E-state index contributed by atoms with van der Waals surface area (Å²) in [4.78, 5) is 10.6. The van der Waals surface area contributed by atoms with E-state index in [9.17, 15) is 9.36 Å². The van der Waals surface area contributed by atoms with Crippen LogP contribution in [0, 0.1) is 0 Å². The van der Waals surface area contributed by atoms with Gasteiger partial charge in [0.2, 0.25) is 0 Å². The van der Waals surface area contributed by atoms with E-state index in [0.717, 1.165) is 0 Å². The molecule has 0 saturated heterocycles. The molecule has 0 spiro atoms. The highest BCUT2D eigenvalue weighted by molar-refractivity contribution is 7.66. The van der Waals surface area contributed by atoms with Crippen molar-refractivity contribution in [2.45, 2.75) is 6.92 Å². The number of rotatable bonds is 4. The molecular weight excluding hydrogens is 215 g/mol. The molecule has 0 fully saturated rings. The largest absolute Gasteiger partial charge is 0.455 e. The minimum Gasteiger partial charge on any atom is -0.455 e. The maximum Gasteiger partial charge on any atom is 0.303 e. The molecule has 0 aliphatic rings. The smallest absolute Gasteiger partial charge is 0.303 e. The highest BCUT2D eigenvalue weighted by Crippen LogP contribution is 2.44. The Morgan fingerprint density at radius 1 is 1.33 bits per heavy atom. The molecule has 5 heteroatoms. The number of carbonyl (C=O) groups is 1. The molecule has 0 aliphatic heterocycles. The van der Waals surface area contributed by atoms with Crippen molar-refractivity contribution in [2.75, 3.05) is 13.5 Å². The molecule has 0 radical (unpaired) electrons. The van der Waals surface area contributed by atoms with Crippen LogP contribution in [0.2, 0.25) is 0 Å². The summed E-state index contributed by atoms with van der Waals surface area (Å²) in [5.41, 5.74) is 0. The Morgan fingerprint density at radius 2 is 1.93 bits per heavy atom. The van der Waals surface area contributed by atoms with Crippen molar-refractivity contribution < 1.29 is 18.6 Å². The van der Waals surface area contributed by atoms with Crippen LogP contribution in [0.15, 0.2) is 30.3 Å². The van der Waals surface area contributed by atoms with E-state index in [2.05, 4.69) is 0 Å². The first-order chi connectivity index (χ1) is 7.08. The zero-order valence-electron chi connectivity index (χ0n) is 8.67. The van der Waals surface area contributed by atoms with Crippen LogP contribution in [0.25, 0.3) is 0 Å². The molecule has 0 heterocycles. The lowest BCUT2D eigenvalue weighted by molar-refractivity contribution is -0.139. The molecule has 4 nitrogen and oxygen atoms in total. The fourth-order valence-electron chi connectivity index (χ4n) is 1.06. The fraction of sp³-hybridized carbons (Fsp3) is 0.300. The van der Waals surface area contributed by atoms with Gasteiger partial charge in [0, 0.05) is 19.3 Å². The Balaban J connectivity index is 2.86. The normalized spacial score (nSPS) is 14.3. The maximum atomic E-state index is 12.2. The molecule has 0 amide bonds. The van der Waals surface area contributed by atoms with Crippen LogP contribution < -0.4 is 5.30 Å². The first kappa shape index (κ1) is 12.0. The number of hydrogen-bond acceptors (Lipinski definition) is 4. The van der Waals surface area contributed by atoms with Crippen LogP contribution >= 0.6 is 7.37 Å². The summed E-state index contributed by atoms with van der Waals surface area (Å²) < 4.78 is 21.9. The van der Waals surface area contributed by atoms with Gasteiger partial charge in [-0.15, -0.1) is 0 Å². The average molecular weight is 228 g/mol. The SMILES string of the molecule is COP(=O)(COC(C)=O)c1ccccc1. The molecule has 1 atom stereocenters. The first-order valence-electron chi connectivity index (χ1n) is 4.42. The second kappa shape index (κ2) is 5.10. The summed E-state index contributed by atoms with van der Waals surface area (Å²) in [6, 6.07) is 8.71. The Hall–Kier alpha value is -1.12. The standard InChI is InChI=1S/C10H13O4P/c1-9(11)14-8-15(12,13-2)10-6-4-3-5-7-10/h3-7H,8H2,1-2H3. The molecule has 0 saturated carbocycles. The zero-order valence-corrected chi connectivity index (χ0v) is 9.57. The Labute approximate surface area is 88.7 Å². The fourth-order valence-corrected chi connectivity index (χ4v) is 2.51. The average Bonchev–Trinajstić information content (AvgIpc) is 2.27. The van der Waals surface area contributed by atoms with Crippen LogP contribution in [0.3, 0.4) is 0 Å². The summed E-state index contributed by atoms with van der Waals surface area (Å²) in [7, 11) is -1.71. The van der Waals surface area contributed by atoms with Crippen molar-refractivity contribution in [1.29, 1.82) is 0 Å². The summed E-state index contributed by atoms with van der Waals surface area (Å²) in [6.07, 6.45) is -0.219. The van der Waals surface area contributed by atoms with Gasteiger partial charge in [0.05, 0.1) is 0 Å². The van der Waals surface area contributed by atoms with Gasteiger partial charge < -0.3 is 9.26 Å². The van der Waals surface area contributed by atoms with Gasteiger partial charge in [-0.3, -0.25) is 9.36 Å². The minimum absolute atomic E-state index is 0.219. The van der Waals surface area contributed by atoms with Crippen LogP contribution in [0.5, 0.6) is 0 Å². The summed E-state index contributed by atoms with van der Waals surface area (Å²) >= 11 is 0. The molecule has 1 aromatic carbocycles. The van der Waals surface area contributed by atoms with Gasteiger partial charge >= 0.3 is 5.97 Å². The van der Waals surface area contributed by atoms with Crippen LogP contribution in [-0.4, -0.2) is 19.4 Å². The molecule has 15 heavy (non-hydrogen) atoms. The molecule has 82 valence electrons. The monoisotopic (exact) mass is 228 g/mol. The van der Waals surface area contributed by atoms with E-state index in [1.807, 2.05) is 6.07 Å². The van der Waals surface area contributed by atoms with Crippen molar-refractivity contribution in [3.8, 4) is 0 Å². The predicted octanol–water partition coefficient (Wildman–Crippen LogP) is 1.76. The Bertz CT molecular complexity index is 374. The second-order valence-electron chi connectivity index (χ2n) is 2.96. The van der Waals surface area contributed by atoms with Crippen LogP contribution in [-0.2, 0) is 18.6 Å². The molecule has 0 aromatic heterocycles. The highest BCUT2D eigenvalue weighted by atomic mass is 31.2. The van der Waals surface area contributed by atoms with Crippen LogP contribution in [0.4, 0.5) is 0 Å². The Morgan fingerprint density at radius 3 is 2.40 bits per heavy atom. The van der Waals surface area contributed by atoms with E-state index in [1.165, 1.54) is 14.0 Å². The summed E-state index contributed by atoms with van der Waals surface area (Å²) in [5, 5.41) is 0.550. The third kappa shape index (κ3) is 3.18. The van der Waals surface area contributed by atoms with Crippen molar-refractivity contribution in [1.82, 2.24) is 0 Å². The number of esters is 1. The summed E-state index contributed by atoms with van der Waals surface area (Å²) in [5.74, 6) is -0.469. The van der Waals surface area contributed by atoms with E-state index < -0.39 is 13.3 Å². The number of benzene rings is 1. The van der Waals surface area contributed by atoms with Gasteiger partial charge in [-0.2, -0.15) is 0 Å². The third-order valence-electron chi connectivity index (χ3n) is 1.88. The molecule has 1 rings (SSSR count). The van der Waals surface area contributed by atoms with Gasteiger partial charge in [0.25, 0.3) is 7.37 Å². The van der Waals surface area contributed by atoms with Gasteiger partial charge in [0.15, 0.2) is 6.35 Å². The molecule has 0 bridgehead atoms. The van der Waals surface area contributed by atoms with E-state index in [0.29, 0.717) is 5.30 Å².